The van der Waals surface area contributed by atoms with E-state index < -0.39 is 53.3 Å². The van der Waals surface area contributed by atoms with Crippen LogP contribution in [0, 0.1) is 10.8 Å². The molecule has 0 heterocycles. The molecule has 8 nitrogen and oxygen atoms in total. The summed E-state index contributed by atoms with van der Waals surface area (Å²) in [7, 11) is 0. The van der Waals surface area contributed by atoms with E-state index in [0.717, 1.165) is 32.1 Å². The Kier molecular flexibility index (Phi) is 16.4. The molecule has 8 heteroatoms. The first-order chi connectivity index (χ1) is 24.1. The van der Waals surface area contributed by atoms with E-state index in [4.69, 9.17) is 0 Å². The molecule has 3 aromatic carbocycles. The fourth-order valence-corrected chi connectivity index (χ4v) is 6.86. The van der Waals surface area contributed by atoms with Gasteiger partial charge in [-0.3, -0.25) is 19.2 Å². The maximum Gasteiger partial charge on any atom is 0.326 e. The van der Waals surface area contributed by atoms with Crippen LogP contribution in [-0.4, -0.2) is 62.6 Å². The smallest absolute Gasteiger partial charge is 0.326 e. The van der Waals surface area contributed by atoms with Gasteiger partial charge in [0.15, 0.2) is 17.3 Å². The van der Waals surface area contributed by atoms with Gasteiger partial charge in [0.1, 0.15) is 0 Å². The Balaban J connectivity index is 2.07. The van der Waals surface area contributed by atoms with E-state index in [-0.39, 0.29) is 35.6 Å². The second-order valence-electron chi connectivity index (χ2n) is 13.1. The van der Waals surface area contributed by atoms with Gasteiger partial charge < -0.3 is 20.4 Å². The van der Waals surface area contributed by atoms with Crippen LogP contribution >= 0.6 is 0 Å². The zero-order chi connectivity index (χ0) is 36.4. The highest BCUT2D eigenvalue weighted by molar-refractivity contribution is 6.34. The number of benzene rings is 3. The number of carbonyl (C=O) groups is 4. The number of carboxylic acids is 1. The summed E-state index contributed by atoms with van der Waals surface area (Å²) in [5, 5.41) is 42.6. The van der Waals surface area contributed by atoms with Gasteiger partial charge in [0.25, 0.3) is 0 Å². The van der Waals surface area contributed by atoms with Crippen molar-refractivity contribution in [2.45, 2.75) is 96.2 Å². The quantitative estimate of drug-likeness (QED) is 0.0325. The number of Topliss-reactive ketones (excluding diaryl/α,β-unsaturated/α-hetero) is 3. The van der Waals surface area contributed by atoms with Crippen molar-refractivity contribution in [3.05, 3.63) is 120 Å². The molecule has 0 fully saturated rings. The Labute approximate surface area is 295 Å². The van der Waals surface area contributed by atoms with Crippen LogP contribution in [0.1, 0.15) is 115 Å². The summed E-state index contributed by atoms with van der Waals surface area (Å²) in [6.45, 7) is 1.34. The lowest BCUT2D eigenvalue weighted by Crippen LogP contribution is -2.62. The number of hydrogen-bond donors (Lipinski definition) is 4. The zero-order valence-electron chi connectivity index (χ0n) is 29.1. The number of carbonyl (C=O) groups excluding carboxylic acids is 3. The second-order valence-corrected chi connectivity index (χ2v) is 13.1. The zero-order valence-corrected chi connectivity index (χ0v) is 29.1. The van der Waals surface area contributed by atoms with Crippen LogP contribution in [0.4, 0.5) is 0 Å². The van der Waals surface area contributed by atoms with E-state index in [1.807, 2.05) is 12.2 Å². The highest BCUT2D eigenvalue weighted by Crippen LogP contribution is 2.53. The van der Waals surface area contributed by atoms with Crippen molar-refractivity contribution in [2.75, 3.05) is 6.61 Å². The van der Waals surface area contributed by atoms with Gasteiger partial charge in [0.2, 0.25) is 5.41 Å². The van der Waals surface area contributed by atoms with Gasteiger partial charge >= 0.3 is 5.97 Å². The second kappa shape index (κ2) is 20.4. The first-order valence-corrected chi connectivity index (χ1v) is 17.8. The van der Waals surface area contributed by atoms with Crippen molar-refractivity contribution in [2.24, 2.45) is 10.8 Å². The van der Waals surface area contributed by atoms with Gasteiger partial charge in [0.05, 0.1) is 24.2 Å². The fraction of sp³-hybridized carbons (Fsp3) is 0.429. The highest BCUT2D eigenvalue weighted by Gasteiger charge is 2.69. The van der Waals surface area contributed by atoms with Crippen molar-refractivity contribution in [1.29, 1.82) is 0 Å². The lowest BCUT2D eigenvalue weighted by molar-refractivity contribution is -0.149. The molecule has 268 valence electrons. The minimum atomic E-state index is -2.99. The van der Waals surface area contributed by atoms with Gasteiger partial charge in [-0.25, -0.2) is 0 Å². The standard InChI is InChI=1S/C42H52O8/c1-2-3-4-18-27-35(44)28-19-7-5-6-8-20-29-41(30-36(45)31-43,37(46)32-21-12-9-13-22-32)42(40(49)50,38(47)33-23-14-10-15-24-33)39(48)34-25-16-11-17-26-34/h7,9-17,19,21-26,35-36,43-45H,2-6,8,18,20,27-31H2,1H3,(H,49,50)/b19-7-/t35-,36?,41?/m1/s1. The normalized spacial score (nSPS) is 14.2. The Morgan fingerprint density at radius 2 is 1.14 bits per heavy atom. The monoisotopic (exact) mass is 684 g/mol. The van der Waals surface area contributed by atoms with Crippen LogP contribution in [-0.2, 0) is 4.79 Å². The first-order valence-electron chi connectivity index (χ1n) is 17.8. The molecular weight excluding hydrogens is 632 g/mol. The van der Waals surface area contributed by atoms with Crippen LogP contribution in [0.3, 0.4) is 0 Å². The Bertz CT molecular complexity index is 1470. The summed E-state index contributed by atoms with van der Waals surface area (Å²) in [5.41, 5.74) is -5.34. The minimum Gasteiger partial charge on any atom is -0.480 e. The predicted octanol–water partition coefficient (Wildman–Crippen LogP) is 7.66. The molecule has 0 spiro atoms. The number of aliphatic hydroxyl groups is 3. The molecule has 0 saturated carbocycles. The predicted molar refractivity (Wildman–Crippen MR) is 194 cm³/mol. The fourth-order valence-electron chi connectivity index (χ4n) is 6.86. The number of hydrogen-bond acceptors (Lipinski definition) is 7. The molecular formula is C42H52O8. The van der Waals surface area contributed by atoms with Crippen LogP contribution in [0.25, 0.3) is 0 Å². The summed E-state index contributed by atoms with van der Waals surface area (Å²) in [4.78, 5) is 58.4. The number of ketones is 3. The third-order valence-electron chi connectivity index (χ3n) is 9.50. The molecule has 3 atom stereocenters. The summed E-state index contributed by atoms with van der Waals surface area (Å²) in [6.07, 6.45) is 8.94. The minimum absolute atomic E-state index is 0.0689. The average Bonchev–Trinajstić information content (AvgIpc) is 3.14. The van der Waals surface area contributed by atoms with Crippen molar-refractivity contribution in [3.8, 4) is 0 Å². The molecule has 3 aromatic rings. The molecule has 0 aliphatic carbocycles. The summed E-state index contributed by atoms with van der Waals surface area (Å²) >= 11 is 0. The first kappa shape index (κ1) is 40.2. The van der Waals surface area contributed by atoms with Crippen molar-refractivity contribution in [3.63, 3.8) is 0 Å². The number of unbranched alkanes of at least 4 members (excludes halogenated alkanes) is 6. The Hall–Kier alpha value is -4.24. The molecule has 0 radical (unpaired) electrons. The molecule has 0 aromatic heterocycles. The molecule has 0 aliphatic rings. The van der Waals surface area contributed by atoms with E-state index >= 15 is 0 Å². The molecule has 0 amide bonds. The van der Waals surface area contributed by atoms with E-state index in [9.17, 15) is 39.6 Å². The van der Waals surface area contributed by atoms with E-state index in [0.29, 0.717) is 25.7 Å². The van der Waals surface area contributed by atoms with E-state index in [2.05, 4.69) is 6.92 Å². The van der Waals surface area contributed by atoms with Gasteiger partial charge in [0, 0.05) is 16.7 Å². The van der Waals surface area contributed by atoms with Crippen LogP contribution < -0.4 is 0 Å². The lowest BCUT2D eigenvalue weighted by Gasteiger charge is -2.46. The molecule has 3 rings (SSSR count). The SMILES string of the molecule is CCCCCC[C@@H](O)C/C=C\CCCCCC(CC(O)CO)(C(=O)c1ccccc1)C(C(=O)O)(C(=O)c1ccccc1)C(=O)c1ccccc1. The Morgan fingerprint density at radius 1 is 0.640 bits per heavy atom. The lowest BCUT2D eigenvalue weighted by atomic mass is 9.50. The van der Waals surface area contributed by atoms with E-state index in [1.165, 1.54) is 36.4 Å². The van der Waals surface area contributed by atoms with Crippen molar-refractivity contribution >= 4 is 23.3 Å². The van der Waals surface area contributed by atoms with E-state index in [1.54, 1.807) is 54.6 Å². The number of rotatable bonds is 24. The largest absolute Gasteiger partial charge is 0.480 e. The molecule has 2 unspecified atom stereocenters. The molecule has 0 bridgehead atoms. The Morgan fingerprint density at radius 3 is 1.62 bits per heavy atom. The maximum absolute atomic E-state index is 14.9. The summed E-state index contributed by atoms with van der Waals surface area (Å²) in [5.74, 6) is -4.70. The third-order valence-corrected chi connectivity index (χ3v) is 9.50. The van der Waals surface area contributed by atoms with Crippen LogP contribution in [0.2, 0.25) is 0 Å². The highest BCUT2D eigenvalue weighted by atomic mass is 16.4. The number of aliphatic carboxylic acids is 1. The van der Waals surface area contributed by atoms with Crippen molar-refractivity contribution < 1.29 is 39.6 Å². The van der Waals surface area contributed by atoms with Gasteiger partial charge in [-0.15, -0.1) is 0 Å². The molecule has 0 aliphatic heterocycles. The molecule has 50 heavy (non-hydrogen) atoms. The van der Waals surface area contributed by atoms with Crippen LogP contribution in [0.15, 0.2) is 103 Å². The van der Waals surface area contributed by atoms with Gasteiger partial charge in [-0.1, -0.05) is 149 Å². The maximum atomic E-state index is 14.9. The number of carboxylic acid groups (broad SMARTS) is 1. The summed E-state index contributed by atoms with van der Waals surface area (Å²) < 4.78 is 0. The van der Waals surface area contributed by atoms with Crippen LogP contribution in [0.5, 0.6) is 0 Å². The molecule has 0 saturated heterocycles. The third kappa shape index (κ3) is 9.93. The average molecular weight is 685 g/mol. The summed E-state index contributed by atoms with van der Waals surface area (Å²) in [6, 6.07) is 23.0. The number of allylic oxidation sites excluding steroid dienone is 1. The molecule has 4 N–H and O–H groups in total. The van der Waals surface area contributed by atoms with Crippen molar-refractivity contribution in [1.82, 2.24) is 0 Å². The van der Waals surface area contributed by atoms with Gasteiger partial charge in [-0.2, -0.15) is 0 Å². The number of aliphatic hydroxyl groups excluding tert-OH is 3. The topological polar surface area (TPSA) is 149 Å². The van der Waals surface area contributed by atoms with Gasteiger partial charge in [-0.05, 0) is 38.5 Å².